The fourth-order valence-electron chi connectivity index (χ4n) is 3.02. The Morgan fingerprint density at radius 2 is 2.15 bits per heavy atom. The normalized spacial score (nSPS) is 17.9. The van der Waals surface area contributed by atoms with E-state index in [0.29, 0.717) is 6.54 Å². The van der Waals surface area contributed by atoms with E-state index in [-0.39, 0.29) is 0 Å². The summed E-state index contributed by atoms with van der Waals surface area (Å²) < 4.78 is 1.86. The smallest absolute Gasteiger partial charge is 0.160 e. The van der Waals surface area contributed by atoms with Crippen molar-refractivity contribution >= 4 is 5.65 Å². The van der Waals surface area contributed by atoms with Crippen LogP contribution in [0.1, 0.15) is 31.2 Å². The molecule has 0 atom stereocenters. The van der Waals surface area contributed by atoms with E-state index in [1.807, 2.05) is 22.8 Å². The van der Waals surface area contributed by atoms with Crippen molar-refractivity contribution in [2.45, 2.75) is 32.7 Å². The van der Waals surface area contributed by atoms with Gasteiger partial charge in [0.1, 0.15) is 0 Å². The highest BCUT2D eigenvalue weighted by atomic mass is 15.3. The zero-order valence-electron chi connectivity index (χ0n) is 12.1. The Morgan fingerprint density at radius 1 is 1.35 bits per heavy atom. The van der Waals surface area contributed by atoms with Gasteiger partial charge in [-0.2, -0.15) is 5.10 Å². The van der Waals surface area contributed by atoms with Crippen molar-refractivity contribution in [2.24, 2.45) is 11.7 Å². The zero-order valence-corrected chi connectivity index (χ0v) is 12.1. The maximum absolute atomic E-state index is 5.75. The number of nitrogens with zero attached hydrogens (tertiary/aromatic N) is 4. The molecule has 1 fully saturated rings. The average Bonchev–Trinajstić information content (AvgIpc) is 2.90. The molecule has 0 unspecified atom stereocenters. The Hall–Kier alpha value is -1.46. The molecule has 1 saturated heterocycles. The van der Waals surface area contributed by atoms with E-state index >= 15 is 0 Å². The van der Waals surface area contributed by atoms with Crippen LogP contribution in [0.25, 0.3) is 5.65 Å². The van der Waals surface area contributed by atoms with Gasteiger partial charge < -0.3 is 10.6 Å². The Balaban J connectivity index is 1.72. The summed E-state index contributed by atoms with van der Waals surface area (Å²) in [5.41, 5.74) is 7.73. The van der Waals surface area contributed by atoms with Gasteiger partial charge in [0, 0.05) is 24.7 Å². The SMILES string of the molecule is CCN1CCC(Cc2nc3c(CN)cccn3n2)CC1. The van der Waals surface area contributed by atoms with E-state index in [1.165, 1.54) is 32.5 Å². The lowest BCUT2D eigenvalue weighted by atomic mass is 9.93. The number of aromatic nitrogens is 3. The number of piperidine rings is 1. The molecule has 3 rings (SSSR count). The fraction of sp³-hybridized carbons (Fsp3) is 0.600. The monoisotopic (exact) mass is 273 g/mol. The molecule has 1 aliphatic heterocycles. The lowest BCUT2D eigenvalue weighted by Crippen LogP contribution is -2.34. The van der Waals surface area contributed by atoms with Crippen molar-refractivity contribution in [1.29, 1.82) is 0 Å². The predicted molar refractivity (Wildman–Crippen MR) is 79.4 cm³/mol. The first-order chi connectivity index (χ1) is 9.80. The lowest BCUT2D eigenvalue weighted by Gasteiger charge is -2.30. The zero-order chi connectivity index (χ0) is 13.9. The number of hydrogen-bond donors (Lipinski definition) is 1. The van der Waals surface area contributed by atoms with Gasteiger partial charge in [-0.05, 0) is 44.5 Å². The van der Waals surface area contributed by atoms with Gasteiger partial charge >= 0.3 is 0 Å². The quantitative estimate of drug-likeness (QED) is 0.916. The van der Waals surface area contributed by atoms with Crippen LogP contribution in [-0.2, 0) is 13.0 Å². The molecule has 5 nitrogen and oxygen atoms in total. The van der Waals surface area contributed by atoms with E-state index in [9.17, 15) is 0 Å². The van der Waals surface area contributed by atoms with Crippen molar-refractivity contribution in [3.05, 3.63) is 29.7 Å². The van der Waals surface area contributed by atoms with Crippen LogP contribution in [0.3, 0.4) is 0 Å². The maximum Gasteiger partial charge on any atom is 0.160 e. The summed E-state index contributed by atoms with van der Waals surface area (Å²) >= 11 is 0. The minimum absolute atomic E-state index is 0.511. The van der Waals surface area contributed by atoms with Crippen LogP contribution in [0.4, 0.5) is 0 Å². The molecule has 3 heterocycles. The Labute approximate surface area is 119 Å². The van der Waals surface area contributed by atoms with Gasteiger partial charge in [0.15, 0.2) is 11.5 Å². The van der Waals surface area contributed by atoms with Crippen LogP contribution < -0.4 is 5.73 Å². The minimum Gasteiger partial charge on any atom is -0.326 e. The van der Waals surface area contributed by atoms with E-state index in [1.54, 1.807) is 0 Å². The van der Waals surface area contributed by atoms with Gasteiger partial charge in [0.25, 0.3) is 0 Å². The standard InChI is InChI=1S/C15H23N5/c1-2-19-8-5-12(6-9-19)10-14-17-15-13(11-16)4-3-7-20(15)18-14/h3-4,7,12H,2,5-6,8-11,16H2,1H3. The molecule has 0 aromatic carbocycles. The third-order valence-electron chi connectivity index (χ3n) is 4.33. The summed E-state index contributed by atoms with van der Waals surface area (Å²) in [4.78, 5) is 7.19. The topological polar surface area (TPSA) is 59.5 Å². The molecule has 0 aliphatic carbocycles. The first kappa shape index (κ1) is 13.5. The largest absolute Gasteiger partial charge is 0.326 e. The summed E-state index contributed by atoms with van der Waals surface area (Å²) in [6.07, 6.45) is 5.45. The summed E-state index contributed by atoms with van der Waals surface area (Å²) in [5.74, 6) is 1.68. The summed E-state index contributed by atoms with van der Waals surface area (Å²) in [7, 11) is 0. The predicted octanol–water partition coefficient (Wildman–Crippen LogP) is 1.46. The highest BCUT2D eigenvalue weighted by Gasteiger charge is 2.20. The highest BCUT2D eigenvalue weighted by Crippen LogP contribution is 2.20. The third-order valence-corrected chi connectivity index (χ3v) is 4.33. The van der Waals surface area contributed by atoms with Crippen molar-refractivity contribution in [2.75, 3.05) is 19.6 Å². The van der Waals surface area contributed by atoms with Crippen LogP contribution in [0.2, 0.25) is 0 Å². The number of likely N-dealkylation sites (tertiary alicyclic amines) is 1. The number of hydrogen-bond acceptors (Lipinski definition) is 4. The molecular weight excluding hydrogens is 250 g/mol. The number of nitrogens with two attached hydrogens (primary N) is 1. The first-order valence-electron chi connectivity index (χ1n) is 7.55. The Morgan fingerprint density at radius 3 is 2.85 bits per heavy atom. The van der Waals surface area contributed by atoms with E-state index in [0.717, 1.165) is 29.4 Å². The number of pyridine rings is 1. The average molecular weight is 273 g/mol. The molecule has 0 spiro atoms. The molecule has 2 N–H and O–H groups in total. The van der Waals surface area contributed by atoms with Gasteiger partial charge in [-0.1, -0.05) is 13.0 Å². The number of rotatable bonds is 4. The Bertz CT molecular complexity index is 569. The van der Waals surface area contributed by atoms with Gasteiger partial charge in [-0.3, -0.25) is 0 Å². The molecule has 2 aromatic heterocycles. The Kier molecular flexibility index (Phi) is 3.98. The second-order valence-electron chi connectivity index (χ2n) is 5.62. The molecule has 108 valence electrons. The van der Waals surface area contributed by atoms with Crippen LogP contribution >= 0.6 is 0 Å². The summed E-state index contributed by atoms with van der Waals surface area (Å²) in [6.45, 7) is 6.33. The third kappa shape index (κ3) is 2.69. The molecule has 20 heavy (non-hydrogen) atoms. The van der Waals surface area contributed by atoms with Gasteiger partial charge in [0.05, 0.1) is 0 Å². The van der Waals surface area contributed by atoms with E-state index in [2.05, 4.69) is 21.9 Å². The molecular formula is C15H23N5. The van der Waals surface area contributed by atoms with E-state index in [4.69, 9.17) is 5.73 Å². The van der Waals surface area contributed by atoms with Gasteiger partial charge in [0.2, 0.25) is 0 Å². The molecule has 1 aliphatic rings. The molecule has 0 amide bonds. The fourth-order valence-corrected chi connectivity index (χ4v) is 3.02. The van der Waals surface area contributed by atoms with Crippen molar-refractivity contribution in [1.82, 2.24) is 19.5 Å². The second-order valence-corrected chi connectivity index (χ2v) is 5.62. The van der Waals surface area contributed by atoms with Crippen molar-refractivity contribution in [3.63, 3.8) is 0 Å². The molecule has 0 saturated carbocycles. The maximum atomic E-state index is 5.75. The van der Waals surface area contributed by atoms with Gasteiger partial charge in [-0.25, -0.2) is 9.50 Å². The van der Waals surface area contributed by atoms with Crippen molar-refractivity contribution < 1.29 is 0 Å². The number of fused-ring (bicyclic) bond motifs is 1. The van der Waals surface area contributed by atoms with Crippen LogP contribution in [0.15, 0.2) is 18.3 Å². The molecule has 2 aromatic rings. The van der Waals surface area contributed by atoms with Crippen LogP contribution in [0.5, 0.6) is 0 Å². The summed E-state index contributed by atoms with van der Waals surface area (Å²) in [5, 5.41) is 4.59. The minimum atomic E-state index is 0.511. The van der Waals surface area contributed by atoms with Crippen molar-refractivity contribution in [3.8, 4) is 0 Å². The van der Waals surface area contributed by atoms with Gasteiger partial charge in [-0.15, -0.1) is 0 Å². The summed E-state index contributed by atoms with van der Waals surface area (Å²) in [6, 6.07) is 4.00. The van der Waals surface area contributed by atoms with Crippen LogP contribution in [-0.4, -0.2) is 39.1 Å². The molecule has 0 radical (unpaired) electrons. The molecule has 0 bridgehead atoms. The first-order valence-corrected chi connectivity index (χ1v) is 7.55. The second kappa shape index (κ2) is 5.89. The lowest BCUT2D eigenvalue weighted by molar-refractivity contribution is 0.191. The highest BCUT2D eigenvalue weighted by molar-refractivity contribution is 5.46. The van der Waals surface area contributed by atoms with E-state index < -0.39 is 0 Å². The molecule has 5 heteroatoms. The van der Waals surface area contributed by atoms with Crippen LogP contribution in [0, 0.1) is 5.92 Å².